The first-order valence-corrected chi connectivity index (χ1v) is 10.7. The number of sulfonamides is 1. The number of anilines is 2. The Morgan fingerprint density at radius 3 is 2.64 bits per heavy atom. The third kappa shape index (κ3) is 4.46. The molecule has 0 spiro atoms. The molecule has 0 aliphatic carbocycles. The van der Waals surface area contributed by atoms with Crippen molar-refractivity contribution in [1.82, 2.24) is 4.31 Å². The molecule has 2 aromatic rings. The molecule has 0 atom stereocenters. The molecule has 148 valence electrons. The van der Waals surface area contributed by atoms with E-state index in [2.05, 4.69) is 10.6 Å². The van der Waals surface area contributed by atoms with Gasteiger partial charge in [0.15, 0.2) is 0 Å². The smallest absolute Gasteiger partial charge is 0.243 e. The van der Waals surface area contributed by atoms with Crippen LogP contribution < -0.4 is 15.4 Å². The van der Waals surface area contributed by atoms with Crippen LogP contribution in [0.25, 0.3) is 0 Å². The Kier molecular flexibility index (Phi) is 5.92. The molecule has 0 radical (unpaired) electrons. The average Bonchev–Trinajstić information content (AvgIpc) is 2.67. The molecule has 0 saturated carbocycles. The summed E-state index contributed by atoms with van der Waals surface area (Å²) < 4.78 is 31.6. The largest absolute Gasteiger partial charge is 0.497 e. The molecule has 2 N–H and O–H groups in total. The fraction of sp³-hybridized carbons (Fsp3) is 0.222. The van der Waals surface area contributed by atoms with E-state index < -0.39 is 15.9 Å². The predicted octanol–water partition coefficient (Wildman–Crippen LogP) is 2.00. The van der Waals surface area contributed by atoms with Crippen molar-refractivity contribution >= 4 is 45.0 Å². The highest BCUT2D eigenvalue weighted by Crippen LogP contribution is 2.33. The number of hydrogen-bond acceptors (Lipinski definition) is 6. The second kappa shape index (κ2) is 8.21. The summed E-state index contributed by atoms with van der Waals surface area (Å²) >= 11 is 1.27. The molecule has 0 unspecified atom stereocenters. The highest BCUT2D eigenvalue weighted by molar-refractivity contribution is 8.00. The van der Waals surface area contributed by atoms with Gasteiger partial charge in [-0.25, -0.2) is 8.42 Å². The normalized spacial score (nSPS) is 13.6. The van der Waals surface area contributed by atoms with Gasteiger partial charge in [-0.3, -0.25) is 9.59 Å². The van der Waals surface area contributed by atoms with Gasteiger partial charge >= 0.3 is 0 Å². The van der Waals surface area contributed by atoms with Crippen LogP contribution in [0.2, 0.25) is 0 Å². The van der Waals surface area contributed by atoms with Gasteiger partial charge in [0.1, 0.15) is 5.75 Å². The maximum atomic E-state index is 12.8. The Labute approximate surface area is 167 Å². The fourth-order valence-electron chi connectivity index (χ4n) is 2.56. The Morgan fingerprint density at radius 2 is 1.96 bits per heavy atom. The number of hydrogen-bond donors (Lipinski definition) is 2. The van der Waals surface area contributed by atoms with Crippen LogP contribution >= 0.6 is 11.8 Å². The minimum absolute atomic E-state index is 0.0645. The molecular formula is C18H19N3O5S2. The number of likely N-dealkylation sites (N-methyl/N-ethyl adjacent to an activating group) is 1. The van der Waals surface area contributed by atoms with E-state index in [0.717, 1.165) is 4.31 Å². The Hall–Kier alpha value is -2.56. The van der Waals surface area contributed by atoms with Crippen LogP contribution in [0.4, 0.5) is 11.4 Å². The summed E-state index contributed by atoms with van der Waals surface area (Å²) in [6.45, 7) is -0.338. The topological polar surface area (TPSA) is 105 Å². The summed E-state index contributed by atoms with van der Waals surface area (Å²) in [6, 6.07) is 11.2. The molecule has 1 aliphatic rings. The number of carbonyl (C=O) groups is 2. The van der Waals surface area contributed by atoms with Gasteiger partial charge in [0.25, 0.3) is 0 Å². The minimum atomic E-state index is -3.86. The van der Waals surface area contributed by atoms with Crippen LogP contribution in [0.3, 0.4) is 0 Å². The molecule has 10 heteroatoms. The average molecular weight is 422 g/mol. The zero-order valence-electron chi connectivity index (χ0n) is 15.3. The first-order chi connectivity index (χ1) is 13.3. The van der Waals surface area contributed by atoms with E-state index >= 15 is 0 Å². The van der Waals surface area contributed by atoms with Crippen LogP contribution in [-0.2, 0) is 19.6 Å². The first kappa shape index (κ1) is 20.2. The van der Waals surface area contributed by atoms with Crippen molar-refractivity contribution in [1.29, 1.82) is 0 Å². The zero-order chi connectivity index (χ0) is 20.3. The van der Waals surface area contributed by atoms with Gasteiger partial charge in [-0.2, -0.15) is 4.31 Å². The maximum absolute atomic E-state index is 12.8. The number of nitrogens with one attached hydrogen (secondary N) is 2. The van der Waals surface area contributed by atoms with Crippen LogP contribution in [-0.4, -0.2) is 51.0 Å². The molecular weight excluding hydrogens is 402 g/mol. The lowest BCUT2D eigenvalue weighted by Gasteiger charge is -2.20. The molecule has 2 amide bonds. The lowest BCUT2D eigenvalue weighted by atomic mass is 10.3. The molecule has 2 aromatic carbocycles. The summed E-state index contributed by atoms with van der Waals surface area (Å²) in [5, 5.41) is 5.34. The molecule has 3 rings (SSSR count). The molecule has 0 bridgehead atoms. The Balaban J connectivity index is 1.69. The van der Waals surface area contributed by atoms with Crippen LogP contribution in [0.15, 0.2) is 52.3 Å². The van der Waals surface area contributed by atoms with Gasteiger partial charge in [0.05, 0.1) is 30.0 Å². The van der Waals surface area contributed by atoms with Crippen molar-refractivity contribution in [2.24, 2.45) is 0 Å². The minimum Gasteiger partial charge on any atom is -0.497 e. The van der Waals surface area contributed by atoms with Crippen LogP contribution in [0.5, 0.6) is 5.75 Å². The SMILES string of the molecule is COc1ccc(NC(=O)CN(C)S(=O)(=O)c2ccc3c(c2)SCC(=O)N3)cc1. The Bertz CT molecular complexity index is 1010. The van der Waals surface area contributed by atoms with E-state index in [9.17, 15) is 18.0 Å². The van der Waals surface area contributed by atoms with Gasteiger partial charge in [-0.05, 0) is 42.5 Å². The number of rotatable bonds is 6. The lowest BCUT2D eigenvalue weighted by molar-refractivity contribution is -0.116. The molecule has 0 fully saturated rings. The van der Waals surface area contributed by atoms with Crippen molar-refractivity contribution in [2.75, 3.05) is 37.1 Å². The summed E-state index contributed by atoms with van der Waals surface area (Å²) in [5.74, 6) is 0.298. The number of methoxy groups -OCH3 is 1. The second-order valence-corrected chi connectivity index (χ2v) is 9.09. The van der Waals surface area contributed by atoms with E-state index in [0.29, 0.717) is 22.0 Å². The Morgan fingerprint density at radius 1 is 1.25 bits per heavy atom. The van der Waals surface area contributed by atoms with Crippen molar-refractivity contribution in [3.63, 3.8) is 0 Å². The van der Waals surface area contributed by atoms with Gasteiger partial charge in [0.2, 0.25) is 21.8 Å². The number of carbonyl (C=O) groups excluding carboxylic acids is 2. The standard InChI is InChI=1S/C18H19N3O5S2/c1-21(10-17(22)19-12-3-5-13(26-2)6-4-12)28(24,25)14-7-8-15-16(9-14)27-11-18(23)20-15/h3-9H,10-11H2,1-2H3,(H,19,22)(H,20,23). The number of thioether (sulfide) groups is 1. The van der Waals surface area contributed by atoms with Gasteiger partial charge < -0.3 is 15.4 Å². The third-order valence-electron chi connectivity index (χ3n) is 4.03. The van der Waals surface area contributed by atoms with E-state index in [1.807, 2.05) is 0 Å². The second-order valence-electron chi connectivity index (χ2n) is 6.03. The number of fused-ring (bicyclic) bond motifs is 1. The first-order valence-electron chi connectivity index (χ1n) is 8.26. The van der Waals surface area contributed by atoms with E-state index in [1.165, 1.54) is 30.9 Å². The lowest BCUT2D eigenvalue weighted by Crippen LogP contribution is -2.35. The van der Waals surface area contributed by atoms with Crippen molar-refractivity contribution in [2.45, 2.75) is 9.79 Å². The number of benzene rings is 2. The monoisotopic (exact) mass is 421 g/mol. The quantitative estimate of drug-likeness (QED) is 0.739. The summed E-state index contributed by atoms with van der Waals surface area (Å²) in [5.41, 5.74) is 1.12. The van der Waals surface area contributed by atoms with Crippen molar-refractivity contribution in [3.8, 4) is 5.75 Å². The van der Waals surface area contributed by atoms with E-state index in [4.69, 9.17) is 4.74 Å². The molecule has 8 nitrogen and oxygen atoms in total. The third-order valence-corrected chi connectivity index (χ3v) is 6.89. The van der Waals surface area contributed by atoms with Gasteiger partial charge in [-0.1, -0.05) is 0 Å². The van der Waals surface area contributed by atoms with Gasteiger partial charge in [0, 0.05) is 17.6 Å². The summed E-state index contributed by atoms with van der Waals surface area (Å²) in [6.07, 6.45) is 0. The number of nitrogens with zero attached hydrogens (tertiary/aromatic N) is 1. The molecule has 1 heterocycles. The fourth-order valence-corrected chi connectivity index (χ4v) is 4.63. The van der Waals surface area contributed by atoms with Crippen molar-refractivity contribution < 1.29 is 22.7 Å². The number of amides is 2. The summed E-state index contributed by atoms with van der Waals surface area (Å²) in [4.78, 5) is 24.4. The highest BCUT2D eigenvalue weighted by Gasteiger charge is 2.25. The van der Waals surface area contributed by atoms with Gasteiger partial charge in [-0.15, -0.1) is 11.8 Å². The molecule has 0 saturated heterocycles. The summed E-state index contributed by atoms with van der Waals surface area (Å²) in [7, 11) is -0.971. The van der Waals surface area contributed by atoms with Crippen LogP contribution in [0, 0.1) is 0 Å². The van der Waals surface area contributed by atoms with Crippen molar-refractivity contribution in [3.05, 3.63) is 42.5 Å². The van der Waals surface area contributed by atoms with E-state index in [1.54, 1.807) is 37.4 Å². The molecule has 1 aliphatic heterocycles. The molecule has 0 aromatic heterocycles. The van der Waals surface area contributed by atoms with Crippen LogP contribution in [0.1, 0.15) is 0 Å². The van der Waals surface area contributed by atoms with E-state index in [-0.39, 0.29) is 23.1 Å². The number of ether oxygens (including phenoxy) is 1. The molecule has 28 heavy (non-hydrogen) atoms. The maximum Gasteiger partial charge on any atom is 0.243 e. The predicted molar refractivity (Wildman–Crippen MR) is 107 cm³/mol. The zero-order valence-corrected chi connectivity index (χ0v) is 16.9. The highest BCUT2D eigenvalue weighted by atomic mass is 32.2.